The lowest BCUT2D eigenvalue weighted by Gasteiger charge is -2.35. The van der Waals surface area contributed by atoms with Crippen molar-refractivity contribution in [2.24, 2.45) is 0 Å². The average molecular weight is 379 g/mol. The first-order valence-corrected chi connectivity index (χ1v) is 9.07. The van der Waals surface area contributed by atoms with Crippen LogP contribution >= 0.6 is 11.6 Å². The van der Waals surface area contributed by atoms with Gasteiger partial charge in [-0.25, -0.2) is 8.78 Å². The summed E-state index contributed by atoms with van der Waals surface area (Å²) in [5, 5.41) is 0.723. The van der Waals surface area contributed by atoms with E-state index in [4.69, 9.17) is 11.6 Å². The number of rotatable bonds is 5. The highest BCUT2D eigenvalue weighted by Gasteiger charge is 2.21. The zero-order chi connectivity index (χ0) is 18.5. The second-order valence-electron chi connectivity index (χ2n) is 6.52. The van der Waals surface area contributed by atoms with Gasteiger partial charge in [0, 0.05) is 44.2 Å². The maximum atomic E-state index is 13.6. The van der Waals surface area contributed by atoms with E-state index in [2.05, 4.69) is 4.90 Å². The van der Waals surface area contributed by atoms with Gasteiger partial charge in [-0.1, -0.05) is 23.7 Å². The van der Waals surface area contributed by atoms with Crippen molar-refractivity contribution in [3.63, 3.8) is 0 Å². The standard InChI is InChI=1S/C20H21ClF2N2O/c21-17-3-1-2-15(12-17)14-24-8-10-25(11-9-24)20(26)7-4-16-13-18(22)5-6-19(16)23/h1-3,5-6,12-13H,4,7-11,14H2. The first-order valence-electron chi connectivity index (χ1n) is 8.70. The first kappa shape index (κ1) is 18.8. The largest absolute Gasteiger partial charge is 0.340 e. The van der Waals surface area contributed by atoms with Crippen LogP contribution in [0.2, 0.25) is 5.02 Å². The van der Waals surface area contributed by atoms with Gasteiger partial charge < -0.3 is 4.90 Å². The molecule has 26 heavy (non-hydrogen) atoms. The van der Waals surface area contributed by atoms with Gasteiger partial charge in [0.1, 0.15) is 11.6 Å². The average Bonchev–Trinajstić information content (AvgIpc) is 2.63. The number of aryl methyl sites for hydroxylation is 1. The summed E-state index contributed by atoms with van der Waals surface area (Å²) in [6.45, 7) is 3.66. The van der Waals surface area contributed by atoms with Crippen LogP contribution in [-0.2, 0) is 17.8 Å². The number of hydrogen-bond acceptors (Lipinski definition) is 2. The quantitative estimate of drug-likeness (QED) is 0.788. The van der Waals surface area contributed by atoms with Crippen LogP contribution in [0.3, 0.4) is 0 Å². The summed E-state index contributed by atoms with van der Waals surface area (Å²) >= 11 is 6.01. The number of nitrogens with zero attached hydrogens (tertiary/aromatic N) is 2. The Hall–Kier alpha value is -1.98. The van der Waals surface area contributed by atoms with Crippen molar-refractivity contribution in [2.45, 2.75) is 19.4 Å². The van der Waals surface area contributed by atoms with Gasteiger partial charge in [-0.05, 0) is 47.9 Å². The Bertz CT molecular complexity index is 776. The molecule has 0 radical (unpaired) electrons. The van der Waals surface area contributed by atoms with Gasteiger partial charge >= 0.3 is 0 Å². The third-order valence-corrected chi connectivity index (χ3v) is 4.87. The molecule has 1 aliphatic heterocycles. The van der Waals surface area contributed by atoms with Crippen molar-refractivity contribution < 1.29 is 13.6 Å². The van der Waals surface area contributed by atoms with E-state index in [0.29, 0.717) is 13.1 Å². The topological polar surface area (TPSA) is 23.6 Å². The fourth-order valence-electron chi connectivity index (χ4n) is 3.18. The maximum Gasteiger partial charge on any atom is 0.222 e. The lowest BCUT2D eigenvalue weighted by Crippen LogP contribution is -2.48. The normalized spacial score (nSPS) is 15.3. The van der Waals surface area contributed by atoms with E-state index in [-0.39, 0.29) is 24.3 Å². The fraction of sp³-hybridized carbons (Fsp3) is 0.350. The number of carbonyl (C=O) groups is 1. The Morgan fingerprint density at radius 1 is 1.04 bits per heavy atom. The Kier molecular flexibility index (Phi) is 6.22. The van der Waals surface area contributed by atoms with E-state index < -0.39 is 11.6 Å². The van der Waals surface area contributed by atoms with Crippen LogP contribution in [0.15, 0.2) is 42.5 Å². The molecule has 1 heterocycles. The Labute approximate surface area is 157 Å². The zero-order valence-electron chi connectivity index (χ0n) is 14.4. The van der Waals surface area contributed by atoms with Crippen molar-refractivity contribution in [3.05, 3.63) is 70.2 Å². The van der Waals surface area contributed by atoms with Crippen molar-refractivity contribution in [2.75, 3.05) is 26.2 Å². The molecule has 3 rings (SSSR count). The lowest BCUT2D eigenvalue weighted by molar-refractivity contribution is -0.133. The van der Waals surface area contributed by atoms with E-state index in [1.807, 2.05) is 24.3 Å². The van der Waals surface area contributed by atoms with Crippen LogP contribution in [0.5, 0.6) is 0 Å². The monoisotopic (exact) mass is 378 g/mol. The predicted octanol–water partition coefficient (Wildman–Crippen LogP) is 3.90. The van der Waals surface area contributed by atoms with Crippen LogP contribution in [0.4, 0.5) is 8.78 Å². The molecule has 138 valence electrons. The molecule has 0 N–H and O–H groups in total. The molecule has 6 heteroatoms. The SMILES string of the molecule is O=C(CCc1cc(F)ccc1F)N1CCN(Cc2cccc(Cl)c2)CC1. The van der Waals surface area contributed by atoms with Gasteiger partial charge in [0.25, 0.3) is 0 Å². The minimum atomic E-state index is -0.483. The molecular formula is C20H21ClF2N2O. The summed E-state index contributed by atoms with van der Waals surface area (Å²) in [6.07, 6.45) is 0.403. The molecule has 1 fully saturated rings. The minimum absolute atomic E-state index is 0.0175. The van der Waals surface area contributed by atoms with Gasteiger partial charge in [-0.2, -0.15) is 0 Å². The smallest absolute Gasteiger partial charge is 0.222 e. The van der Waals surface area contributed by atoms with Crippen LogP contribution in [0.1, 0.15) is 17.5 Å². The second-order valence-corrected chi connectivity index (χ2v) is 6.96. The van der Waals surface area contributed by atoms with Crippen molar-refractivity contribution >= 4 is 17.5 Å². The van der Waals surface area contributed by atoms with E-state index in [1.165, 1.54) is 0 Å². The van der Waals surface area contributed by atoms with Gasteiger partial charge in [0.05, 0.1) is 0 Å². The van der Waals surface area contributed by atoms with Crippen molar-refractivity contribution in [1.29, 1.82) is 0 Å². The third-order valence-electron chi connectivity index (χ3n) is 4.64. The molecule has 0 spiro atoms. The van der Waals surface area contributed by atoms with Crippen LogP contribution in [-0.4, -0.2) is 41.9 Å². The molecule has 1 amide bonds. The number of halogens is 3. The summed E-state index contributed by atoms with van der Waals surface area (Å²) in [5.74, 6) is -0.968. The number of amides is 1. The van der Waals surface area contributed by atoms with Gasteiger partial charge in [0.15, 0.2) is 0 Å². The summed E-state index contributed by atoms with van der Waals surface area (Å²) in [4.78, 5) is 16.4. The van der Waals surface area contributed by atoms with Crippen molar-refractivity contribution in [3.8, 4) is 0 Å². The van der Waals surface area contributed by atoms with Gasteiger partial charge in [0.2, 0.25) is 5.91 Å². The van der Waals surface area contributed by atoms with Gasteiger partial charge in [-0.15, -0.1) is 0 Å². The fourth-order valence-corrected chi connectivity index (χ4v) is 3.40. The molecule has 2 aromatic carbocycles. The highest BCUT2D eigenvalue weighted by molar-refractivity contribution is 6.30. The molecule has 0 aliphatic carbocycles. The Balaban J connectivity index is 1.47. The minimum Gasteiger partial charge on any atom is -0.340 e. The molecule has 0 unspecified atom stereocenters. The molecule has 0 saturated carbocycles. The van der Waals surface area contributed by atoms with Gasteiger partial charge in [-0.3, -0.25) is 9.69 Å². The third kappa shape index (κ3) is 5.02. The second kappa shape index (κ2) is 8.60. The molecule has 1 aliphatic rings. The number of benzene rings is 2. The maximum absolute atomic E-state index is 13.6. The van der Waals surface area contributed by atoms with E-state index >= 15 is 0 Å². The number of piperazine rings is 1. The molecular weight excluding hydrogens is 358 g/mol. The summed E-state index contributed by atoms with van der Waals surface area (Å²) in [5.41, 5.74) is 1.40. The highest BCUT2D eigenvalue weighted by atomic mass is 35.5. The van der Waals surface area contributed by atoms with Crippen LogP contribution in [0.25, 0.3) is 0 Å². The highest BCUT2D eigenvalue weighted by Crippen LogP contribution is 2.16. The molecule has 3 nitrogen and oxygen atoms in total. The Morgan fingerprint density at radius 3 is 2.54 bits per heavy atom. The predicted molar refractivity (Wildman–Crippen MR) is 98.0 cm³/mol. The van der Waals surface area contributed by atoms with Crippen molar-refractivity contribution in [1.82, 2.24) is 9.80 Å². The zero-order valence-corrected chi connectivity index (χ0v) is 15.2. The number of hydrogen-bond donors (Lipinski definition) is 0. The number of carbonyl (C=O) groups excluding carboxylic acids is 1. The first-order chi connectivity index (χ1) is 12.5. The summed E-state index contributed by atoms with van der Waals surface area (Å²) in [6, 6.07) is 11.1. The Morgan fingerprint density at radius 2 is 1.81 bits per heavy atom. The molecule has 0 atom stereocenters. The van der Waals surface area contributed by atoms with E-state index in [9.17, 15) is 13.6 Å². The van der Waals surface area contributed by atoms with E-state index in [0.717, 1.165) is 48.4 Å². The summed E-state index contributed by atoms with van der Waals surface area (Å²) < 4.78 is 26.8. The molecule has 0 bridgehead atoms. The lowest BCUT2D eigenvalue weighted by atomic mass is 10.1. The molecule has 0 aromatic heterocycles. The molecule has 1 saturated heterocycles. The summed E-state index contributed by atoms with van der Waals surface area (Å²) in [7, 11) is 0. The van der Waals surface area contributed by atoms with Crippen LogP contribution in [0, 0.1) is 11.6 Å². The van der Waals surface area contributed by atoms with Crippen LogP contribution < -0.4 is 0 Å². The van der Waals surface area contributed by atoms with E-state index in [1.54, 1.807) is 4.90 Å². The molecule has 2 aromatic rings.